The minimum absolute atomic E-state index is 0.0280. The van der Waals surface area contributed by atoms with E-state index < -0.39 is 12.0 Å². The number of rotatable bonds is 6. The van der Waals surface area contributed by atoms with E-state index in [1.54, 1.807) is 29.4 Å². The van der Waals surface area contributed by atoms with E-state index in [1.807, 2.05) is 0 Å². The first kappa shape index (κ1) is 16.5. The maximum atomic E-state index is 12.2. The Kier molecular flexibility index (Phi) is 5.54. The van der Waals surface area contributed by atoms with Gasteiger partial charge in [0.25, 0.3) is 0 Å². The van der Waals surface area contributed by atoms with Crippen LogP contribution in [0.15, 0.2) is 24.5 Å². The van der Waals surface area contributed by atoms with E-state index >= 15 is 0 Å². The lowest BCUT2D eigenvalue weighted by Crippen LogP contribution is -2.32. The fraction of sp³-hybridized carbons (Fsp3) is 0.467. The van der Waals surface area contributed by atoms with Gasteiger partial charge >= 0.3 is 5.97 Å². The van der Waals surface area contributed by atoms with Crippen LogP contribution in [0, 0.1) is 5.92 Å². The van der Waals surface area contributed by atoms with Crippen LogP contribution in [0.2, 0.25) is 0 Å². The highest BCUT2D eigenvalue weighted by Gasteiger charge is 2.36. The summed E-state index contributed by atoms with van der Waals surface area (Å²) in [4.78, 5) is 40.0. The van der Waals surface area contributed by atoms with Gasteiger partial charge in [0, 0.05) is 38.0 Å². The minimum Gasteiger partial charge on any atom is -0.481 e. The predicted octanol–water partition coefficient (Wildman–Crippen LogP) is 1.73. The Morgan fingerprint density at radius 2 is 2.32 bits per heavy atom. The van der Waals surface area contributed by atoms with Crippen LogP contribution in [0.4, 0.5) is 0 Å². The second kappa shape index (κ2) is 7.40. The van der Waals surface area contributed by atoms with Crippen molar-refractivity contribution in [2.45, 2.75) is 25.8 Å². The van der Waals surface area contributed by atoms with E-state index in [1.165, 1.54) is 18.7 Å². The van der Waals surface area contributed by atoms with Gasteiger partial charge in [-0.2, -0.15) is 0 Å². The van der Waals surface area contributed by atoms with Crippen molar-refractivity contribution in [1.29, 1.82) is 0 Å². The average Bonchev–Trinajstić information content (AvgIpc) is 2.84. The normalized spacial score (nSPS) is 19.2. The molecule has 2 unspecified atom stereocenters. The fourth-order valence-corrected chi connectivity index (χ4v) is 3.30. The Morgan fingerprint density at radius 1 is 1.55 bits per heavy atom. The van der Waals surface area contributed by atoms with Gasteiger partial charge in [-0.15, -0.1) is 0 Å². The van der Waals surface area contributed by atoms with E-state index in [-0.39, 0.29) is 23.4 Å². The number of carboxylic acid groups (broad SMARTS) is 1. The van der Waals surface area contributed by atoms with E-state index in [4.69, 9.17) is 5.11 Å². The van der Waals surface area contributed by atoms with Gasteiger partial charge in [0.1, 0.15) is 0 Å². The zero-order valence-electron chi connectivity index (χ0n) is 12.3. The van der Waals surface area contributed by atoms with Crippen LogP contribution in [-0.2, 0) is 14.4 Å². The van der Waals surface area contributed by atoms with Crippen LogP contribution in [0.5, 0.6) is 0 Å². The summed E-state index contributed by atoms with van der Waals surface area (Å²) in [6, 6.07) is 3.00. The Balaban J connectivity index is 2.12. The molecule has 0 bridgehead atoms. The lowest BCUT2D eigenvalue weighted by Gasteiger charge is -2.27. The van der Waals surface area contributed by atoms with E-state index in [9.17, 15) is 14.4 Å². The number of likely N-dealkylation sites (tertiary alicyclic amines) is 1. The number of pyridine rings is 1. The SMILES string of the molecule is CC(=O)SCC1CC(=O)N(C(CC(=O)O)c2cccnc2)C1. The highest BCUT2D eigenvalue weighted by molar-refractivity contribution is 8.13. The van der Waals surface area contributed by atoms with Crippen LogP contribution in [0.25, 0.3) is 0 Å². The van der Waals surface area contributed by atoms with Crippen molar-refractivity contribution < 1.29 is 19.5 Å². The van der Waals surface area contributed by atoms with Crippen LogP contribution in [-0.4, -0.2) is 44.3 Å². The van der Waals surface area contributed by atoms with Crippen molar-refractivity contribution in [2.75, 3.05) is 12.3 Å². The second-order valence-corrected chi connectivity index (χ2v) is 6.52. The first-order chi connectivity index (χ1) is 10.5. The van der Waals surface area contributed by atoms with Crippen molar-refractivity contribution in [3.05, 3.63) is 30.1 Å². The average molecular weight is 322 g/mol. The maximum absolute atomic E-state index is 12.2. The number of carbonyl (C=O) groups excluding carboxylic acids is 2. The summed E-state index contributed by atoms with van der Waals surface area (Å²) in [6.45, 7) is 1.98. The zero-order valence-corrected chi connectivity index (χ0v) is 13.1. The number of nitrogens with zero attached hydrogens (tertiary/aromatic N) is 2. The number of hydrogen-bond acceptors (Lipinski definition) is 5. The monoisotopic (exact) mass is 322 g/mol. The number of amides is 1. The number of hydrogen-bond donors (Lipinski definition) is 1. The molecule has 2 atom stereocenters. The van der Waals surface area contributed by atoms with Gasteiger partial charge in [-0.25, -0.2) is 0 Å². The molecule has 1 fully saturated rings. The highest BCUT2D eigenvalue weighted by atomic mass is 32.2. The molecule has 0 saturated carbocycles. The largest absolute Gasteiger partial charge is 0.481 e. The standard InChI is InChI=1S/C15H18N2O4S/c1-10(18)22-9-11-5-14(19)17(8-11)13(6-15(20)21)12-3-2-4-16-7-12/h2-4,7,11,13H,5-6,8-9H2,1H3,(H,20,21). The molecule has 0 spiro atoms. The third-order valence-electron chi connectivity index (χ3n) is 3.57. The fourth-order valence-electron chi connectivity index (χ4n) is 2.60. The van der Waals surface area contributed by atoms with Crippen molar-refractivity contribution in [2.24, 2.45) is 5.92 Å². The maximum Gasteiger partial charge on any atom is 0.305 e. The Bertz CT molecular complexity index is 564. The van der Waals surface area contributed by atoms with Gasteiger partial charge in [0.05, 0.1) is 12.5 Å². The molecular formula is C15H18N2O4S. The number of aliphatic carboxylic acids is 1. The molecule has 1 aliphatic heterocycles. The molecular weight excluding hydrogens is 304 g/mol. The summed E-state index contributed by atoms with van der Waals surface area (Å²) in [6.07, 6.45) is 3.42. The molecule has 2 heterocycles. The van der Waals surface area contributed by atoms with E-state index in [0.29, 0.717) is 18.7 Å². The van der Waals surface area contributed by atoms with E-state index in [2.05, 4.69) is 4.98 Å². The molecule has 0 aromatic carbocycles. The minimum atomic E-state index is -0.955. The predicted molar refractivity (Wildman–Crippen MR) is 82.2 cm³/mol. The molecule has 1 aromatic rings. The summed E-state index contributed by atoms with van der Waals surface area (Å²) >= 11 is 1.21. The number of carboxylic acids is 1. The van der Waals surface area contributed by atoms with Crippen molar-refractivity contribution >= 4 is 28.8 Å². The third-order valence-corrected chi connectivity index (χ3v) is 4.62. The quantitative estimate of drug-likeness (QED) is 0.858. The van der Waals surface area contributed by atoms with Crippen molar-refractivity contribution in [1.82, 2.24) is 9.88 Å². The Labute approximate surface area is 132 Å². The first-order valence-corrected chi connectivity index (χ1v) is 8.00. The third kappa shape index (κ3) is 4.30. The van der Waals surface area contributed by atoms with E-state index in [0.717, 1.165) is 5.56 Å². The molecule has 7 heteroatoms. The molecule has 1 aromatic heterocycles. The smallest absolute Gasteiger partial charge is 0.305 e. The molecule has 6 nitrogen and oxygen atoms in total. The van der Waals surface area contributed by atoms with Gasteiger partial charge in [-0.1, -0.05) is 17.8 Å². The molecule has 0 radical (unpaired) electrons. The molecule has 1 amide bonds. The highest BCUT2D eigenvalue weighted by Crippen LogP contribution is 2.32. The molecule has 118 valence electrons. The number of thioether (sulfide) groups is 1. The summed E-state index contributed by atoms with van der Waals surface area (Å²) in [5.74, 6) is -0.355. The molecule has 1 aliphatic rings. The van der Waals surface area contributed by atoms with Crippen LogP contribution < -0.4 is 0 Å². The lowest BCUT2D eigenvalue weighted by molar-refractivity contribution is -0.140. The molecule has 22 heavy (non-hydrogen) atoms. The van der Waals surface area contributed by atoms with Crippen LogP contribution in [0.3, 0.4) is 0 Å². The first-order valence-electron chi connectivity index (χ1n) is 7.02. The number of aromatic nitrogens is 1. The van der Waals surface area contributed by atoms with Crippen molar-refractivity contribution in [3.8, 4) is 0 Å². The topological polar surface area (TPSA) is 87.6 Å². The van der Waals surface area contributed by atoms with Gasteiger partial charge in [0.2, 0.25) is 5.91 Å². The second-order valence-electron chi connectivity index (χ2n) is 5.32. The molecule has 0 aliphatic carbocycles. The van der Waals surface area contributed by atoms with Gasteiger partial charge < -0.3 is 10.0 Å². The summed E-state index contributed by atoms with van der Waals surface area (Å²) in [5.41, 5.74) is 0.720. The van der Waals surface area contributed by atoms with Gasteiger partial charge in [-0.05, 0) is 17.5 Å². The van der Waals surface area contributed by atoms with Crippen molar-refractivity contribution in [3.63, 3.8) is 0 Å². The number of carbonyl (C=O) groups is 3. The van der Waals surface area contributed by atoms with Gasteiger partial charge in [-0.3, -0.25) is 19.4 Å². The molecule has 2 rings (SSSR count). The molecule has 1 saturated heterocycles. The van der Waals surface area contributed by atoms with Gasteiger partial charge in [0.15, 0.2) is 5.12 Å². The molecule has 1 N–H and O–H groups in total. The lowest BCUT2D eigenvalue weighted by atomic mass is 10.0. The van der Waals surface area contributed by atoms with Crippen LogP contribution in [0.1, 0.15) is 31.4 Å². The summed E-state index contributed by atoms with van der Waals surface area (Å²) in [5, 5.41) is 9.15. The Hall–Kier alpha value is -1.89. The van der Waals surface area contributed by atoms with Crippen LogP contribution >= 0.6 is 11.8 Å². The Morgan fingerprint density at radius 3 is 2.91 bits per heavy atom. The summed E-state index contributed by atoms with van der Waals surface area (Å²) in [7, 11) is 0. The zero-order chi connectivity index (χ0) is 16.1. The summed E-state index contributed by atoms with van der Waals surface area (Å²) < 4.78 is 0.